The molecule has 0 aliphatic heterocycles. The van der Waals surface area contributed by atoms with E-state index in [4.69, 9.17) is 0 Å². The molecule has 0 radical (unpaired) electrons. The van der Waals surface area contributed by atoms with Crippen molar-refractivity contribution in [1.82, 2.24) is 9.36 Å². The maximum absolute atomic E-state index is 13.0. The Hall–Kier alpha value is -2.76. The van der Waals surface area contributed by atoms with E-state index in [0.717, 1.165) is 17.8 Å². The van der Waals surface area contributed by atoms with E-state index >= 15 is 0 Å². The number of hydrogen-bond donors (Lipinski definition) is 2. The maximum atomic E-state index is 13.0. The Labute approximate surface area is 145 Å². The molecule has 0 saturated heterocycles. The third-order valence-corrected chi connectivity index (χ3v) is 5.61. The van der Waals surface area contributed by atoms with Crippen molar-refractivity contribution in [3.05, 3.63) is 58.5 Å². The third kappa shape index (κ3) is 2.32. The zero-order chi connectivity index (χ0) is 17.7. The van der Waals surface area contributed by atoms with Crippen LogP contribution in [-0.2, 0) is 11.8 Å². The first-order chi connectivity index (χ1) is 12.0. The molecule has 1 aromatic carbocycles. The van der Waals surface area contributed by atoms with E-state index in [9.17, 15) is 14.7 Å². The first-order valence-electron chi connectivity index (χ1n) is 8.50. The lowest BCUT2D eigenvalue weighted by Gasteiger charge is -2.26. The summed E-state index contributed by atoms with van der Waals surface area (Å²) in [7, 11) is 1.84. The molecule has 2 aromatic rings. The highest BCUT2D eigenvalue weighted by Gasteiger charge is 2.48. The van der Waals surface area contributed by atoms with Crippen LogP contribution in [0.15, 0.2) is 47.3 Å². The average Bonchev–Trinajstić information content (AvgIpc) is 3.25. The number of para-hydroxylation sites is 1. The van der Waals surface area contributed by atoms with Crippen LogP contribution in [0.25, 0.3) is 5.69 Å². The van der Waals surface area contributed by atoms with Gasteiger partial charge in [-0.15, -0.1) is 0 Å². The number of rotatable bonds is 4. The van der Waals surface area contributed by atoms with Gasteiger partial charge in [0.05, 0.1) is 17.3 Å². The Morgan fingerprint density at radius 1 is 1.20 bits per heavy atom. The predicted octanol–water partition coefficient (Wildman–Crippen LogP) is 2.17. The summed E-state index contributed by atoms with van der Waals surface area (Å²) in [5.41, 5.74) is 1.92. The highest BCUT2D eigenvalue weighted by atomic mass is 16.4. The Balaban J connectivity index is 1.74. The number of aromatic nitrogens is 2. The van der Waals surface area contributed by atoms with Gasteiger partial charge < -0.3 is 10.4 Å². The molecular formula is C19H21N3O3. The van der Waals surface area contributed by atoms with Crippen LogP contribution in [0, 0.1) is 24.7 Å². The second-order valence-electron chi connectivity index (χ2n) is 6.92. The van der Waals surface area contributed by atoms with Crippen molar-refractivity contribution < 1.29 is 9.90 Å². The van der Waals surface area contributed by atoms with Crippen molar-refractivity contribution in [1.29, 1.82) is 0 Å². The van der Waals surface area contributed by atoms with Crippen molar-refractivity contribution in [3.63, 3.8) is 0 Å². The minimum Gasteiger partial charge on any atom is -0.481 e. The molecule has 1 fully saturated rings. The monoisotopic (exact) mass is 339 g/mol. The summed E-state index contributed by atoms with van der Waals surface area (Å²) in [5, 5.41) is 12.9. The third-order valence-electron chi connectivity index (χ3n) is 5.61. The van der Waals surface area contributed by atoms with Gasteiger partial charge in [-0.2, -0.15) is 0 Å². The highest BCUT2D eigenvalue weighted by molar-refractivity contribution is 5.74. The largest absolute Gasteiger partial charge is 0.481 e. The quantitative estimate of drug-likeness (QED) is 0.837. The summed E-state index contributed by atoms with van der Waals surface area (Å²) in [5.74, 6) is -1.07. The first kappa shape index (κ1) is 15.7. The van der Waals surface area contributed by atoms with Crippen molar-refractivity contribution in [2.75, 3.05) is 5.32 Å². The van der Waals surface area contributed by atoms with Gasteiger partial charge in [0.25, 0.3) is 5.56 Å². The topological polar surface area (TPSA) is 76.3 Å². The number of aliphatic carboxylic acids is 1. The molecule has 4 atom stereocenters. The predicted molar refractivity (Wildman–Crippen MR) is 95.0 cm³/mol. The van der Waals surface area contributed by atoms with Gasteiger partial charge in [-0.3, -0.25) is 14.3 Å². The van der Waals surface area contributed by atoms with Crippen LogP contribution in [0.2, 0.25) is 0 Å². The molecule has 0 amide bonds. The molecule has 2 aliphatic carbocycles. The second kappa shape index (κ2) is 5.65. The molecule has 0 spiro atoms. The number of nitrogens with one attached hydrogen (secondary N) is 1. The number of carboxylic acids is 1. The molecule has 4 rings (SSSR count). The lowest BCUT2D eigenvalue weighted by Crippen LogP contribution is -2.39. The molecule has 0 unspecified atom stereocenters. The first-order valence-corrected chi connectivity index (χ1v) is 8.50. The minimum atomic E-state index is -0.800. The van der Waals surface area contributed by atoms with Gasteiger partial charge in [-0.25, -0.2) is 4.68 Å². The molecular weight excluding hydrogens is 318 g/mol. The lowest BCUT2D eigenvalue weighted by atomic mass is 9.89. The van der Waals surface area contributed by atoms with E-state index < -0.39 is 11.9 Å². The second-order valence-corrected chi connectivity index (χ2v) is 6.92. The van der Waals surface area contributed by atoms with Crippen molar-refractivity contribution in [2.24, 2.45) is 24.8 Å². The van der Waals surface area contributed by atoms with Crippen LogP contribution in [0.5, 0.6) is 0 Å². The van der Waals surface area contributed by atoms with Gasteiger partial charge in [-0.05, 0) is 37.3 Å². The Bertz CT molecular complexity index is 910. The number of fused-ring (bicyclic) bond motifs is 2. The van der Waals surface area contributed by atoms with Crippen molar-refractivity contribution in [2.45, 2.75) is 19.4 Å². The number of carbonyl (C=O) groups is 1. The number of carboxylic acid groups (broad SMARTS) is 1. The summed E-state index contributed by atoms with van der Waals surface area (Å²) in [6.07, 6.45) is 4.92. The van der Waals surface area contributed by atoms with E-state index in [2.05, 4.69) is 11.4 Å². The fraction of sp³-hybridized carbons (Fsp3) is 0.368. The number of anilines is 1. The van der Waals surface area contributed by atoms with E-state index in [1.807, 2.05) is 50.4 Å². The maximum Gasteiger partial charge on any atom is 0.309 e. The van der Waals surface area contributed by atoms with E-state index in [0.29, 0.717) is 5.69 Å². The molecule has 2 N–H and O–H groups in total. The van der Waals surface area contributed by atoms with Gasteiger partial charge >= 0.3 is 5.97 Å². The molecule has 25 heavy (non-hydrogen) atoms. The van der Waals surface area contributed by atoms with Crippen LogP contribution in [-0.4, -0.2) is 26.5 Å². The van der Waals surface area contributed by atoms with Gasteiger partial charge in [0.1, 0.15) is 5.69 Å². The smallest absolute Gasteiger partial charge is 0.309 e. The van der Waals surface area contributed by atoms with Gasteiger partial charge in [0.2, 0.25) is 0 Å². The van der Waals surface area contributed by atoms with Gasteiger partial charge in [0, 0.05) is 13.1 Å². The highest BCUT2D eigenvalue weighted by Crippen LogP contribution is 2.45. The Kier molecular flexibility index (Phi) is 3.56. The molecule has 1 aromatic heterocycles. The number of nitrogens with zero attached hydrogens (tertiary/aromatic N) is 2. The minimum absolute atomic E-state index is 0.0559. The van der Waals surface area contributed by atoms with Crippen LogP contribution in [0.3, 0.4) is 0 Å². The van der Waals surface area contributed by atoms with Crippen LogP contribution >= 0.6 is 0 Å². The van der Waals surface area contributed by atoms with E-state index in [1.54, 1.807) is 9.36 Å². The summed E-state index contributed by atoms with van der Waals surface area (Å²) in [6, 6.07) is 9.19. The fourth-order valence-corrected chi connectivity index (χ4v) is 4.26. The SMILES string of the molecule is Cc1c(N[C@H]2[C@H](C(=O)O)[C@H]3C=C[C@H]2C3)c(=O)n(-c2ccccc2)n1C. The number of hydrogen-bond acceptors (Lipinski definition) is 3. The molecule has 6 heteroatoms. The molecule has 130 valence electrons. The average molecular weight is 339 g/mol. The van der Waals surface area contributed by atoms with Crippen molar-refractivity contribution >= 4 is 11.7 Å². The van der Waals surface area contributed by atoms with Crippen LogP contribution < -0.4 is 10.9 Å². The zero-order valence-corrected chi connectivity index (χ0v) is 14.2. The van der Waals surface area contributed by atoms with E-state index in [1.165, 1.54) is 0 Å². The fourth-order valence-electron chi connectivity index (χ4n) is 4.26. The molecule has 1 heterocycles. The normalized spacial score (nSPS) is 27.0. The summed E-state index contributed by atoms with van der Waals surface area (Å²) >= 11 is 0. The molecule has 2 bridgehead atoms. The number of allylic oxidation sites excluding steroid dienone is 1. The van der Waals surface area contributed by atoms with Crippen molar-refractivity contribution in [3.8, 4) is 5.69 Å². The van der Waals surface area contributed by atoms with Gasteiger partial charge in [-0.1, -0.05) is 30.4 Å². The standard InChI is InChI=1S/C19H21N3O3/c1-11-16(18(23)22(21(11)2)14-6-4-3-5-7-14)20-17-13-9-8-12(10-13)15(17)19(24)25/h3-9,12-13,15,17,20H,10H2,1-2H3,(H,24,25)/t12-,13-,15+,17+/m0/s1. The molecule has 6 nitrogen and oxygen atoms in total. The van der Waals surface area contributed by atoms with Crippen LogP contribution in [0.1, 0.15) is 12.1 Å². The number of benzene rings is 1. The molecule has 2 aliphatic rings. The van der Waals surface area contributed by atoms with E-state index in [-0.39, 0.29) is 23.4 Å². The van der Waals surface area contributed by atoms with Crippen LogP contribution in [0.4, 0.5) is 5.69 Å². The lowest BCUT2D eigenvalue weighted by molar-refractivity contribution is -0.142. The Morgan fingerprint density at radius 3 is 2.56 bits per heavy atom. The van der Waals surface area contributed by atoms with Gasteiger partial charge in [0.15, 0.2) is 0 Å². The molecule has 1 saturated carbocycles. The summed E-state index contributed by atoms with van der Waals surface area (Å²) in [4.78, 5) is 24.7. The summed E-state index contributed by atoms with van der Waals surface area (Å²) < 4.78 is 3.41. The Morgan fingerprint density at radius 2 is 1.88 bits per heavy atom. The summed E-state index contributed by atoms with van der Waals surface area (Å²) in [6.45, 7) is 1.88. The zero-order valence-electron chi connectivity index (χ0n) is 14.2.